The third kappa shape index (κ3) is 4.24. The van der Waals surface area contributed by atoms with Crippen molar-refractivity contribution in [3.05, 3.63) is 45.7 Å². The molecule has 0 spiro atoms. The fourth-order valence-corrected chi connectivity index (χ4v) is 7.22. The van der Waals surface area contributed by atoms with Gasteiger partial charge in [-0.25, -0.2) is 0 Å². The van der Waals surface area contributed by atoms with E-state index in [0.29, 0.717) is 11.1 Å². The lowest BCUT2D eigenvalue weighted by Crippen LogP contribution is -2.62. The maximum absolute atomic E-state index is 13.9. The number of fused-ring (bicyclic) bond motifs is 3. The van der Waals surface area contributed by atoms with Gasteiger partial charge in [0.2, 0.25) is 5.79 Å². The number of likely N-dealkylation sites (N-methyl/N-ethyl adjacent to an activating group) is 1. The minimum absolute atomic E-state index is 0.0208. The van der Waals surface area contributed by atoms with E-state index < -0.39 is 58.4 Å². The molecule has 3 unspecified atom stereocenters. The Morgan fingerprint density at radius 3 is 2.38 bits per heavy atom. The van der Waals surface area contributed by atoms with E-state index in [4.69, 9.17) is 5.73 Å². The summed E-state index contributed by atoms with van der Waals surface area (Å²) in [4.78, 5) is 43.1. The summed E-state index contributed by atoms with van der Waals surface area (Å²) in [5.41, 5.74) is 5.19. The highest BCUT2D eigenvalue weighted by atomic mass is 16.5. The van der Waals surface area contributed by atoms with Crippen LogP contribution < -0.4 is 5.73 Å². The number of benzene rings is 1. The zero-order chi connectivity index (χ0) is 28.4. The number of ketones is 2. The lowest BCUT2D eigenvalue weighted by Gasteiger charge is -2.51. The molecule has 7 N–H and O–H groups in total. The molecule has 0 radical (unpaired) electrons. The molecule has 210 valence electrons. The number of nitrogens with two attached hydrogens (primary N) is 1. The zero-order valence-electron chi connectivity index (χ0n) is 22.1. The lowest BCUT2D eigenvalue weighted by molar-refractivity contribution is -0.203. The number of piperidine rings is 1. The number of hydrogen-bond donors (Lipinski definition) is 6. The van der Waals surface area contributed by atoms with Gasteiger partial charge in [-0.15, -0.1) is 0 Å². The number of nitrogens with zero attached hydrogens (tertiary/aromatic N) is 2. The molecule has 1 amide bonds. The van der Waals surface area contributed by atoms with Crippen LogP contribution in [0, 0.1) is 17.8 Å². The molecule has 1 aliphatic heterocycles. The Balaban J connectivity index is 1.60. The fourth-order valence-electron chi connectivity index (χ4n) is 7.22. The molecule has 0 aromatic heterocycles. The topological polar surface area (TPSA) is 185 Å². The standard InChI is InChI=1S/C28H35N3O8/c1-30(2)23-16-11-13-10-15-14(18(33)12-31-8-4-3-5-9-31)6-7-17(32)20(15)24(34)19(13)25(35)21(16)28(38,39)22(26(23)36)27(29)37/h6-7,13,16,21,23,32,34,36,38-39H,3-5,8-12H2,1-2H3,(H2,29,37)/t13?,16?,21?,23-/m0/s1. The molecular weight excluding hydrogens is 506 g/mol. The van der Waals surface area contributed by atoms with Gasteiger partial charge in [0.25, 0.3) is 5.91 Å². The van der Waals surface area contributed by atoms with Crippen molar-refractivity contribution in [2.45, 2.75) is 43.9 Å². The summed E-state index contributed by atoms with van der Waals surface area (Å²) >= 11 is 0. The second-order valence-electron chi connectivity index (χ2n) is 11.4. The van der Waals surface area contributed by atoms with Gasteiger partial charge in [-0.3, -0.25) is 24.2 Å². The van der Waals surface area contributed by atoms with Crippen LogP contribution in [0.4, 0.5) is 0 Å². The van der Waals surface area contributed by atoms with Gasteiger partial charge in [0, 0.05) is 11.1 Å². The van der Waals surface area contributed by atoms with Crippen molar-refractivity contribution in [3.63, 3.8) is 0 Å². The molecular formula is C28H35N3O8. The van der Waals surface area contributed by atoms with Gasteiger partial charge in [0.15, 0.2) is 11.6 Å². The largest absolute Gasteiger partial charge is 0.510 e. The number of likely N-dealkylation sites (tertiary alicyclic amines) is 1. The van der Waals surface area contributed by atoms with Gasteiger partial charge in [-0.2, -0.15) is 0 Å². The summed E-state index contributed by atoms with van der Waals surface area (Å²) in [6.45, 7) is 1.85. The number of phenolic OH excluding ortho intramolecular Hbond substituents is 1. The van der Waals surface area contributed by atoms with Crippen molar-refractivity contribution in [2.24, 2.45) is 23.5 Å². The highest BCUT2D eigenvalue weighted by Crippen LogP contribution is 2.53. The number of allylic oxidation sites excluding steroid dienone is 1. The molecule has 11 nitrogen and oxygen atoms in total. The molecule has 4 aliphatic rings. The van der Waals surface area contributed by atoms with Crippen molar-refractivity contribution in [3.8, 4) is 5.75 Å². The number of carbonyl (C=O) groups excluding carboxylic acids is 3. The quantitative estimate of drug-likeness (QED) is 0.228. The molecule has 5 rings (SSSR count). The fraction of sp³-hybridized carbons (Fsp3) is 0.536. The lowest BCUT2D eigenvalue weighted by atomic mass is 9.57. The molecule has 1 saturated carbocycles. The van der Waals surface area contributed by atoms with E-state index in [1.54, 1.807) is 19.0 Å². The summed E-state index contributed by atoms with van der Waals surface area (Å²) < 4.78 is 0. The Morgan fingerprint density at radius 1 is 1.10 bits per heavy atom. The number of carbonyl (C=O) groups is 3. The van der Waals surface area contributed by atoms with E-state index in [2.05, 4.69) is 4.90 Å². The van der Waals surface area contributed by atoms with E-state index in [9.17, 15) is 39.9 Å². The highest BCUT2D eigenvalue weighted by molar-refractivity contribution is 6.09. The number of hydrogen-bond acceptors (Lipinski definition) is 10. The molecule has 3 aliphatic carbocycles. The predicted octanol–water partition coefficient (Wildman–Crippen LogP) is 0.630. The summed E-state index contributed by atoms with van der Waals surface area (Å²) in [7, 11) is 3.24. The molecule has 2 fully saturated rings. The SMILES string of the molecule is CN(C)[C@@H]1C(O)=C(C(N)=O)C(O)(O)C2C(=O)C3=C(O)c4c(O)ccc(C(=O)CN5CCCCC5)c4CC3CC21. The smallest absolute Gasteiger partial charge is 0.253 e. The normalized spacial score (nSPS) is 28.7. The van der Waals surface area contributed by atoms with Crippen LogP contribution in [0.3, 0.4) is 0 Å². The van der Waals surface area contributed by atoms with E-state index in [1.165, 1.54) is 12.1 Å². The molecule has 0 bridgehead atoms. The first-order chi connectivity index (χ1) is 18.4. The highest BCUT2D eigenvalue weighted by Gasteiger charge is 2.62. The monoisotopic (exact) mass is 541 g/mol. The Kier molecular flexibility index (Phi) is 6.82. The third-order valence-corrected chi connectivity index (χ3v) is 8.84. The first-order valence-corrected chi connectivity index (χ1v) is 13.3. The second kappa shape index (κ2) is 9.74. The Hall–Kier alpha value is -3.25. The van der Waals surface area contributed by atoms with Crippen LogP contribution in [0.25, 0.3) is 5.76 Å². The van der Waals surface area contributed by atoms with Gasteiger partial charge in [-0.05, 0) is 82.4 Å². The van der Waals surface area contributed by atoms with Crippen LogP contribution in [0.15, 0.2) is 29.0 Å². The number of Topliss-reactive ketones (excluding diaryl/α,β-unsaturated/α-hetero) is 2. The molecule has 1 aromatic rings. The number of rotatable bonds is 5. The average molecular weight is 542 g/mol. The summed E-state index contributed by atoms with van der Waals surface area (Å²) in [6.07, 6.45) is 3.44. The number of amides is 1. The van der Waals surface area contributed by atoms with Crippen molar-refractivity contribution in [1.82, 2.24) is 9.80 Å². The number of aromatic hydroxyl groups is 1. The van der Waals surface area contributed by atoms with Gasteiger partial charge in [-0.1, -0.05) is 6.42 Å². The number of primary amides is 1. The van der Waals surface area contributed by atoms with Crippen LogP contribution in [0.1, 0.15) is 47.2 Å². The minimum Gasteiger partial charge on any atom is -0.510 e. The Bertz CT molecular complexity index is 1310. The molecule has 1 heterocycles. The van der Waals surface area contributed by atoms with E-state index >= 15 is 0 Å². The van der Waals surface area contributed by atoms with Gasteiger partial charge in [0.1, 0.15) is 22.8 Å². The summed E-state index contributed by atoms with van der Waals surface area (Å²) in [5, 5.41) is 55.0. The van der Waals surface area contributed by atoms with Crippen molar-refractivity contribution in [1.29, 1.82) is 0 Å². The van der Waals surface area contributed by atoms with Crippen LogP contribution in [-0.4, -0.2) is 98.4 Å². The molecule has 4 atom stereocenters. The average Bonchev–Trinajstić information content (AvgIpc) is 2.83. The first-order valence-electron chi connectivity index (χ1n) is 13.3. The Labute approximate surface area is 225 Å². The van der Waals surface area contributed by atoms with Crippen molar-refractivity contribution >= 4 is 23.2 Å². The van der Waals surface area contributed by atoms with Gasteiger partial charge < -0.3 is 31.3 Å². The van der Waals surface area contributed by atoms with Crippen LogP contribution >= 0.6 is 0 Å². The minimum atomic E-state index is -3.07. The van der Waals surface area contributed by atoms with Crippen molar-refractivity contribution in [2.75, 3.05) is 33.7 Å². The zero-order valence-corrected chi connectivity index (χ0v) is 22.1. The summed E-state index contributed by atoms with van der Waals surface area (Å²) in [6, 6.07) is 1.92. The van der Waals surface area contributed by atoms with Crippen LogP contribution in [0.5, 0.6) is 5.75 Å². The predicted molar refractivity (Wildman–Crippen MR) is 140 cm³/mol. The Morgan fingerprint density at radius 2 is 1.77 bits per heavy atom. The maximum Gasteiger partial charge on any atom is 0.253 e. The molecule has 11 heteroatoms. The third-order valence-electron chi connectivity index (χ3n) is 8.84. The summed E-state index contributed by atoms with van der Waals surface area (Å²) in [5.74, 6) is -9.84. The number of aliphatic hydroxyl groups is 4. The van der Waals surface area contributed by atoms with E-state index in [1.807, 2.05) is 0 Å². The number of phenols is 1. The van der Waals surface area contributed by atoms with Gasteiger partial charge >= 0.3 is 0 Å². The number of aliphatic hydroxyl groups excluding tert-OH is 2. The van der Waals surface area contributed by atoms with Crippen LogP contribution in [0.2, 0.25) is 0 Å². The van der Waals surface area contributed by atoms with E-state index in [0.717, 1.165) is 32.4 Å². The van der Waals surface area contributed by atoms with E-state index in [-0.39, 0.29) is 42.1 Å². The van der Waals surface area contributed by atoms with Gasteiger partial charge in [0.05, 0.1) is 24.1 Å². The molecule has 39 heavy (non-hydrogen) atoms. The molecule has 1 aromatic carbocycles. The maximum atomic E-state index is 13.9. The second-order valence-corrected chi connectivity index (χ2v) is 11.4. The van der Waals surface area contributed by atoms with Crippen molar-refractivity contribution < 1.29 is 39.9 Å². The first kappa shape index (κ1) is 27.3. The molecule has 1 saturated heterocycles. The van der Waals surface area contributed by atoms with Crippen LogP contribution in [-0.2, 0) is 16.0 Å².